The predicted octanol–water partition coefficient (Wildman–Crippen LogP) is 5.33. The monoisotopic (exact) mass is 463 g/mol. The molecule has 0 spiro atoms. The number of aryl methyl sites for hydroxylation is 1. The van der Waals surface area contributed by atoms with Crippen molar-refractivity contribution in [3.63, 3.8) is 0 Å². The quantitative estimate of drug-likeness (QED) is 0.433. The van der Waals surface area contributed by atoms with Gasteiger partial charge in [0.25, 0.3) is 11.9 Å². The van der Waals surface area contributed by atoms with Gasteiger partial charge in [0, 0.05) is 30.5 Å². The number of amides is 1. The van der Waals surface area contributed by atoms with Crippen molar-refractivity contribution in [2.75, 3.05) is 18.4 Å². The molecule has 1 amide bonds. The first-order valence-electron chi connectivity index (χ1n) is 11.2. The second-order valence-electron chi connectivity index (χ2n) is 8.69. The highest BCUT2D eigenvalue weighted by Gasteiger charge is 2.33. The van der Waals surface area contributed by atoms with E-state index in [1.807, 2.05) is 46.9 Å². The molecule has 33 heavy (non-hydrogen) atoms. The summed E-state index contributed by atoms with van der Waals surface area (Å²) in [4.78, 5) is 24.5. The van der Waals surface area contributed by atoms with Crippen LogP contribution in [-0.4, -0.2) is 44.5 Å². The minimum Gasteiger partial charge on any atom is -0.424 e. The Balaban J connectivity index is 1.40. The van der Waals surface area contributed by atoms with Gasteiger partial charge in [0.15, 0.2) is 5.58 Å². The lowest BCUT2D eigenvalue weighted by Crippen LogP contribution is -2.51. The molecule has 170 valence electrons. The van der Waals surface area contributed by atoms with Crippen LogP contribution in [0.25, 0.3) is 16.8 Å². The van der Waals surface area contributed by atoms with Crippen molar-refractivity contribution in [2.45, 2.75) is 32.7 Å². The van der Waals surface area contributed by atoms with Crippen LogP contribution in [0.15, 0.2) is 59.5 Å². The number of nitrogens with zero attached hydrogens (tertiary/aromatic N) is 4. The number of benzene rings is 2. The molecule has 8 heteroatoms. The van der Waals surface area contributed by atoms with Gasteiger partial charge in [-0.15, -0.1) is 0 Å². The smallest absolute Gasteiger partial charge is 0.295 e. The van der Waals surface area contributed by atoms with Crippen molar-refractivity contribution < 1.29 is 9.21 Å². The number of likely N-dealkylation sites (tertiary alicyclic amines) is 1. The van der Waals surface area contributed by atoms with Gasteiger partial charge in [-0.1, -0.05) is 30.2 Å². The van der Waals surface area contributed by atoms with Crippen molar-refractivity contribution in [3.8, 4) is 5.69 Å². The molecule has 2 atom stereocenters. The highest BCUT2D eigenvalue weighted by atomic mass is 35.5. The van der Waals surface area contributed by atoms with E-state index < -0.39 is 0 Å². The van der Waals surface area contributed by atoms with Crippen LogP contribution >= 0.6 is 11.6 Å². The Morgan fingerprint density at radius 1 is 1.27 bits per heavy atom. The number of hydrogen-bond acceptors (Lipinski definition) is 5. The zero-order valence-corrected chi connectivity index (χ0v) is 19.4. The number of hydrogen-bond donors (Lipinski definition) is 1. The number of fused-ring (bicyclic) bond motifs is 1. The van der Waals surface area contributed by atoms with E-state index in [4.69, 9.17) is 16.0 Å². The van der Waals surface area contributed by atoms with E-state index in [1.165, 1.54) is 0 Å². The minimum absolute atomic E-state index is 0.0148. The number of carbonyl (C=O) groups is 1. The Morgan fingerprint density at radius 2 is 2.15 bits per heavy atom. The number of nitrogens with one attached hydrogen (secondary N) is 1. The van der Waals surface area contributed by atoms with E-state index in [1.54, 1.807) is 24.7 Å². The van der Waals surface area contributed by atoms with E-state index in [0.717, 1.165) is 30.6 Å². The molecule has 0 radical (unpaired) electrons. The lowest BCUT2D eigenvalue weighted by molar-refractivity contribution is 0.0539. The van der Waals surface area contributed by atoms with Crippen LogP contribution in [0.5, 0.6) is 0 Å². The molecule has 2 aromatic heterocycles. The fourth-order valence-corrected chi connectivity index (χ4v) is 4.75. The Bertz CT molecular complexity index is 1280. The zero-order chi connectivity index (χ0) is 22.9. The second-order valence-corrected chi connectivity index (χ2v) is 9.12. The second kappa shape index (κ2) is 8.90. The number of anilines is 1. The topological polar surface area (TPSA) is 76.2 Å². The molecule has 0 unspecified atom stereocenters. The molecule has 3 heterocycles. The highest BCUT2D eigenvalue weighted by Crippen LogP contribution is 2.28. The first-order valence-corrected chi connectivity index (χ1v) is 11.6. The first-order chi connectivity index (χ1) is 16.0. The number of halogens is 1. The molecule has 7 nitrogen and oxygen atoms in total. The van der Waals surface area contributed by atoms with Gasteiger partial charge >= 0.3 is 0 Å². The predicted molar refractivity (Wildman–Crippen MR) is 129 cm³/mol. The summed E-state index contributed by atoms with van der Waals surface area (Å²) < 4.78 is 7.70. The van der Waals surface area contributed by atoms with Gasteiger partial charge in [-0.05, 0) is 56.0 Å². The summed E-state index contributed by atoms with van der Waals surface area (Å²) in [6.07, 6.45) is 7.35. The zero-order valence-electron chi connectivity index (χ0n) is 18.7. The van der Waals surface area contributed by atoms with E-state index >= 15 is 0 Å². The van der Waals surface area contributed by atoms with E-state index in [-0.39, 0.29) is 11.9 Å². The normalized spacial score (nSPS) is 18.6. The van der Waals surface area contributed by atoms with Gasteiger partial charge in [0.1, 0.15) is 5.52 Å². The van der Waals surface area contributed by atoms with Crippen molar-refractivity contribution in [2.24, 2.45) is 5.92 Å². The molecular weight excluding hydrogens is 438 g/mol. The first kappa shape index (κ1) is 21.5. The summed E-state index contributed by atoms with van der Waals surface area (Å²) in [5.74, 6) is 0.376. The lowest BCUT2D eigenvalue weighted by Gasteiger charge is -2.40. The van der Waals surface area contributed by atoms with Crippen molar-refractivity contribution in [1.82, 2.24) is 19.4 Å². The average Bonchev–Trinajstić information content (AvgIpc) is 3.47. The van der Waals surface area contributed by atoms with Gasteiger partial charge in [-0.2, -0.15) is 4.98 Å². The molecule has 1 N–H and O–H groups in total. The van der Waals surface area contributed by atoms with Crippen LogP contribution < -0.4 is 5.32 Å². The maximum Gasteiger partial charge on any atom is 0.295 e. The number of rotatable bonds is 5. The molecule has 5 rings (SSSR count). The standard InChI is InChI=1S/C25H26ClN5O2/c1-16-5-7-21(30-11-9-27-15-30)19(12-16)24(32)31-10-3-4-17(2)22(31)14-28-25-29-20-13-18(26)6-8-23(20)33-25/h5-9,11-13,15,17,22H,3-4,10,14H2,1-2H3,(H,28,29)/t17-,22-/m1/s1. The van der Waals surface area contributed by atoms with Crippen LogP contribution in [0.2, 0.25) is 5.02 Å². The van der Waals surface area contributed by atoms with Gasteiger partial charge < -0.3 is 19.2 Å². The summed E-state index contributed by atoms with van der Waals surface area (Å²) in [5, 5.41) is 3.93. The third-order valence-corrected chi connectivity index (χ3v) is 6.59. The number of imidazole rings is 1. The number of piperidine rings is 1. The van der Waals surface area contributed by atoms with Crippen molar-refractivity contribution in [1.29, 1.82) is 0 Å². The molecule has 1 fully saturated rings. The Morgan fingerprint density at radius 3 is 2.97 bits per heavy atom. The largest absolute Gasteiger partial charge is 0.424 e. The number of carbonyl (C=O) groups excluding carboxylic acids is 1. The van der Waals surface area contributed by atoms with Crippen LogP contribution in [0.4, 0.5) is 6.01 Å². The average molecular weight is 464 g/mol. The third-order valence-electron chi connectivity index (χ3n) is 6.35. The Hall–Kier alpha value is -3.32. The fourth-order valence-electron chi connectivity index (χ4n) is 4.58. The number of aromatic nitrogens is 3. The van der Waals surface area contributed by atoms with Crippen LogP contribution in [-0.2, 0) is 0 Å². The van der Waals surface area contributed by atoms with E-state index in [0.29, 0.717) is 40.2 Å². The van der Waals surface area contributed by atoms with E-state index in [9.17, 15) is 4.79 Å². The molecule has 2 aromatic carbocycles. The van der Waals surface area contributed by atoms with Crippen LogP contribution in [0, 0.1) is 12.8 Å². The molecule has 1 saturated heterocycles. The summed E-state index contributed by atoms with van der Waals surface area (Å²) >= 11 is 6.07. The minimum atomic E-state index is 0.0148. The molecule has 0 saturated carbocycles. The molecule has 0 bridgehead atoms. The van der Waals surface area contributed by atoms with E-state index in [2.05, 4.69) is 22.2 Å². The Kier molecular flexibility index (Phi) is 5.81. The highest BCUT2D eigenvalue weighted by molar-refractivity contribution is 6.31. The van der Waals surface area contributed by atoms with Crippen LogP contribution in [0.3, 0.4) is 0 Å². The van der Waals surface area contributed by atoms with Crippen molar-refractivity contribution in [3.05, 3.63) is 71.3 Å². The third kappa shape index (κ3) is 4.33. The Labute approximate surface area is 197 Å². The number of oxazole rings is 1. The fraction of sp³-hybridized carbons (Fsp3) is 0.320. The van der Waals surface area contributed by atoms with Gasteiger partial charge in [0.05, 0.1) is 23.6 Å². The summed E-state index contributed by atoms with van der Waals surface area (Å²) in [6.45, 7) is 5.48. The SMILES string of the molecule is Cc1ccc(-n2ccnc2)c(C(=O)N2CCC[C@@H](C)[C@H]2CNc2nc3cc(Cl)ccc3o2)c1. The molecular formula is C25H26ClN5O2. The summed E-state index contributed by atoms with van der Waals surface area (Å²) in [5.41, 5.74) is 3.95. The van der Waals surface area contributed by atoms with Gasteiger partial charge in [-0.3, -0.25) is 4.79 Å². The molecule has 1 aliphatic heterocycles. The maximum absolute atomic E-state index is 13.8. The molecule has 1 aliphatic rings. The van der Waals surface area contributed by atoms with Crippen LogP contribution in [0.1, 0.15) is 35.7 Å². The van der Waals surface area contributed by atoms with Gasteiger partial charge in [0.2, 0.25) is 0 Å². The molecule has 0 aliphatic carbocycles. The molecule has 4 aromatic rings. The maximum atomic E-state index is 13.8. The van der Waals surface area contributed by atoms with Gasteiger partial charge in [-0.25, -0.2) is 4.98 Å². The summed E-state index contributed by atoms with van der Waals surface area (Å²) in [7, 11) is 0. The summed E-state index contributed by atoms with van der Waals surface area (Å²) in [6, 6.07) is 11.8. The lowest BCUT2D eigenvalue weighted by atomic mass is 9.90. The van der Waals surface area contributed by atoms with Crippen molar-refractivity contribution >= 4 is 34.6 Å².